The van der Waals surface area contributed by atoms with E-state index in [2.05, 4.69) is 32.7 Å². The van der Waals surface area contributed by atoms with Gasteiger partial charge in [0.05, 0.1) is 11.3 Å². The third kappa shape index (κ3) is 6.00. The van der Waals surface area contributed by atoms with Gasteiger partial charge < -0.3 is 9.88 Å². The average molecular weight is 438 g/mol. The van der Waals surface area contributed by atoms with Crippen molar-refractivity contribution in [1.29, 1.82) is 5.41 Å². The predicted molar refractivity (Wildman–Crippen MR) is 125 cm³/mol. The Labute approximate surface area is 186 Å². The summed E-state index contributed by atoms with van der Waals surface area (Å²) in [6.07, 6.45) is 1.38. The van der Waals surface area contributed by atoms with Gasteiger partial charge in [-0.05, 0) is 46.4 Å². The van der Waals surface area contributed by atoms with Gasteiger partial charge >= 0.3 is 6.18 Å². The molecule has 0 saturated heterocycles. The second-order valence-electron chi connectivity index (χ2n) is 8.65. The molecule has 32 heavy (non-hydrogen) atoms. The molecule has 2 aromatic carbocycles. The molecule has 0 aliphatic heterocycles. The monoisotopic (exact) mass is 437 g/mol. The minimum atomic E-state index is -4.34. The van der Waals surface area contributed by atoms with Gasteiger partial charge in [0.1, 0.15) is 5.49 Å². The highest BCUT2D eigenvalue weighted by Crippen LogP contribution is 2.31. The molecule has 0 aliphatic carbocycles. The van der Waals surface area contributed by atoms with E-state index in [1.807, 2.05) is 48.8 Å². The number of rotatable bonds is 5. The van der Waals surface area contributed by atoms with E-state index in [9.17, 15) is 13.2 Å². The van der Waals surface area contributed by atoms with Gasteiger partial charge in [-0.2, -0.15) is 13.2 Å². The Hall–Kier alpha value is -3.54. The maximum absolute atomic E-state index is 12.8. The normalized spacial score (nSPS) is 12.2. The molecule has 3 rings (SSSR count). The third-order valence-corrected chi connectivity index (χ3v) is 4.79. The third-order valence-electron chi connectivity index (χ3n) is 4.79. The lowest BCUT2D eigenvalue weighted by Gasteiger charge is -2.14. The fraction of sp³-hybridized carbons (Fsp3) is 0.192. The van der Waals surface area contributed by atoms with E-state index in [1.54, 1.807) is 10.6 Å². The number of pyridine rings is 1. The highest BCUT2D eigenvalue weighted by atomic mass is 19.4. The molecule has 0 saturated carbocycles. The van der Waals surface area contributed by atoms with Crippen LogP contribution in [0.2, 0.25) is 0 Å². The van der Waals surface area contributed by atoms with Crippen LogP contribution in [0.1, 0.15) is 31.9 Å². The van der Waals surface area contributed by atoms with Crippen molar-refractivity contribution < 1.29 is 13.2 Å². The predicted octanol–water partition coefficient (Wildman–Crippen LogP) is 7.25. The van der Waals surface area contributed by atoms with Crippen LogP contribution in [-0.4, -0.2) is 4.57 Å². The van der Waals surface area contributed by atoms with E-state index >= 15 is 0 Å². The largest absolute Gasteiger partial charge is 0.416 e. The molecule has 0 fully saturated rings. The van der Waals surface area contributed by atoms with Crippen LogP contribution in [0.25, 0.3) is 23.0 Å². The molecule has 0 atom stereocenters. The summed E-state index contributed by atoms with van der Waals surface area (Å²) in [4.78, 5) is 0. The number of aromatic nitrogens is 1. The van der Waals surface area contributed by atoms with Crippen molar-refractivity contribution in [1.82, 2.24) is 4.57 Å². The fourth-order valence-electron chi connectivity index (χ4n) is 2.98. The van der Waals surface area contributed by atoms with Crippen molar-refractivity contribution >= 4 is 17.6 Å². The molecule has 0 amide bonds. The summed E-state index contributed by atoms with van der Waals surface area (Å²) in [6, 6.07) is 16.1. The molecule has 0 aliphatic rings. The zero-order chi connectivity index (χ0) is 23.5. The Morgan fingerprint density at radius 2 is 1.47 bits per heavy atom. The van der Waals surface area contributed by atoms with Gasteiger partial charge in [0.25, 0.3) is 0 Å². The summed E-state index contributed by atoms with van der Waals surface area (Å²) in [5.41, 5.74) is 3.55. The van der Waals surface area contributed by atoms with Gasteiger partial charge in [0.15, 0.2) is 0 Å². The zero-order valence-electron chi connectivity index (χ0n) is 18.3. The molecule has 1 aromatic heterocycles. The van der Waals surface area contributed by atoms with Gasteiger partial charge in [0, 0.05) is 18.1 Å². The van der Waals surface area contributed by atoms with E-state index < -0.39 is 11.7 Å². The highest BCUT2D eigenvalue weighted by Gasteiger charge is 2.29. The molecule has 0 bridgehead atoms. The van der Waals surface area contributed by atoms with Crippen LogP contribution in [0.4, 0.5) is 18.9 Å². The van der Waals surface area contributed by atoms with Crippen molar-refractivity contribution in [2.24, 2.45) is 5.41 Å². The number of allylic oxidation sites excluding steroid dienone is 1. The number of hydrogen-bond donors (Lipinski definition) is 2. The van der Waals surface area contributed by atoms with Crippen molar-refractivity contribution in [2.75, 3.05) is 5.32 Å². The maximum Gasteiger partial charge on any atom is 0.416 e. The summed E-state index contributed by atoms with van der Waals surface area (Å²) in [7, 11) is 0. The molecular formula is C26H26F3N3. The number of alkyl halides is 3. The van der Waals surface area contributed by atoms with Crippen LogP contribution in [0, 0.1) is 10.8 Å². The van der Waals surface area contributed by atoms with Crippen LogP contribution >= 0.6 is 0 Å². The van der Waals surface area contributed by atoms with Crippen LogP contribution in [0.15, 0.2) is 79.5 Å². The van der Waals surface area contributed by atoms with Crippen LogP contribution in [-0.2, 0) is 6.18 Å². The van der Waals surface area contributed by atoms with Crippen LogP contribution in [0.5, 0.6) is 0 Å². The Kier molecular flexibility index (Phi) is 6.44. The topological polar surface area (TPSA) is 40.8 Å². The lowest BCUT2D eigenvalue weighted by molar-refractivity contribution is -0.137. The van der Waals surface area contributed by atoms with Crippen molar-refractivity contribution in [3.63, 3.8) is 0 Å². The molecular weight excluding hydrogens is 411 g/mol. The number of halogens is 3. The Morgan fingerprint density at radius 1 is 0.906 bits per heavy atom. The second-order valence-corrected chi connectivity index (χ2v) is 8.65. The van der Waals surface area contributed by atoms with Crippen molar-refractivity contribution in [3.8, 4) is 11.1 Å². The van der Waals surface area contributed by atoms with E-state index in [4.69, 9.17) is 5.41 Å². The smallest absolute Gasteiger partial charge is 0.354 e. The molecule has 3 aromatic rings. The number of anilines is 1. The van der Waals surface area contributed by atoms with Crippen molar-refractivity contribution in [3.05, 3.63) is 96.1 Å². The summed E-state index contributed by atoms with van der Waals surface area (Å²) >= 11 is 0. The van der Waals surface area contributed by atoms with Crippen molar-refractivity contribution in [2.45, 2.75) is 26.9 Å². The first-order valence-corrected chi connectivity index (χ1v) is 10.1. The van der Waals surface area contributed by atoms with Crippen LogP contribution < -0.4 is 10.8 Å². The molecule has 3 nitrogen and oxygen atoms in total. The van der Waals surface area contributed by atoms with E-state index in [1.165, 1.54) is 12.1 Å². The second kappa shape index (κ2) is 8.91. The van der Waals surface area contributed by atoms with E-state index in [0.717, 1.165) is 28.9 Å². The van der Waals surface area contributed by atoms with Gasteiger partial charge in [-0.3, -0.25) is 5.41 Å². The Morgan fingerprint density at radius 3 is 2.00 bits per heavy atom. The molecule has 0 spiro atoms. The quantitative estimate of drug-likeness (QED) is 0.433. The minimum absolute atomic E-state index is 0.00127. The standard InChI is InChI=1S/C26H26F3N3/c1-18(31-23-13-14-24(30)32(17-23)16-15-25(2,3)4)19-5-7-20(8-6-19)21-9-11-22(12-10-21)26(27,28)29/h5-17,30-31H,1H2,2-4H3/b16-15+,30-24?. The van der Waals surface area contributed by atoms with E-state index in [-0.39, 0.29) is 5.41 Å². The van der Waals surface area contributed by atoms with Gasteiger partial charge in [-0.1, -0.05) is 69.8 Å². The first kappa shape index (κ1) is 23.1. The average Bonchev–Trinajstić information content (AvgIpc) is 2.73. The zero-order valence-corrected chi connectivity index (χ0v) is 18.3. The highest BCUT2D eigenvalue weighted by molar-refractivity contribution is 5.76. The first-order chi connectivity index (χ1) is 14.9. The van der Waals surface area contributed by atoms with Gasteiger partial charge in [-0.25, -0.2) is 0 Å². The Balaban J connectivity index is 1.74. The molecule has 166 valence electrons. The molecule has 1 heterocycles. The molecule has 6 heteroatoms. The molecule has 2 N–H and O–H groups in total. The lowest BCUT2D eigenvalue weighted by atomic mass is 9.97. The van der Waals surface area contributed by atoms with Crippen LogP contribution in [0.3, 0.4) is 0 Å². The maximum atomic E-state index is 12.8. The minimum Gasteiger partial charge on any atom is -0.354 e. The number of nitrogens with one attached hydrogen (secondary N) is 2. The van der Waals surface area contributed by atoms with Gasteiger partial charge in [-0.15, -0.1) is 0 Å². The first-order valence-electron chi connectivity index (χ1n) is 10.1. The summed E-state index contributed by atoms with van der Waals surface area (Å²) < 4.78 is 40.0. The lowest BCUT2D eigenvalue weighted by Crippen LogP contribution is -2.15. The Bertz CT molecular complexity index is 1180. The number of benzene rings is 2. The molecule has 0 unspecified atom stereocenters. The number of hydrogen-bond acceptors (Lipinski definition) is 2. The number of nitrogens with zero attached hydrogens (tertiary/aromatic N) is 1. The summed E-state index contributed by atoms with van der Waals surface area (Å²) in [5.74, 6) is 0. The summed E-state index contributed by atoms with van der Waals surface area (Å²) in [6.45, 7) is 10.4. The fourth-order valence-corrected chi connectivity index (χ4v) is 2.98. The summed E-state index contributed by atoms with van der Waals surface area (Å²) in [5, 5.41) is 11.3. The molecule has 0 radical (unpaired) electrons. The van der Waals surface area contributed by atoms with Gasteiger partial charge in [0.2, 0.25) is 0 Å². The SMILES string of the molecule is C=C(Nc1ccc(=N)n(/C=C/C(C)(C)C)c1)c1ccc(-c2ccc(C(F)(F)F)cc2)cc1. The van der Waals surface area contributed by atoms with E-state index in [0.29, 0.717) is 16.7 Å².